The Balaban J connectivity index is 2.16. The first-order chi connectivity index (χ1) is 10.2. The molecule has 3 atom stereocenters. The molecule has 3 unspecified atom stereocenters. The Morgan fingerprint density at radius 1 is 1.19 bits per heavy atom. The second-order valence-electron chi connectivity index (χ2n) is 5.89. The number of benzene rings is 1. The van der Waals surface area contributed by atoms with Crippen molar-refractivity contribution in [3.63, 3.8) is 0 Å². The molecule has 0 aliphatic heterocycles. The molecule has 1 heterocycles. The van der Waals surface area contributed by atoms with Crippen LogP contribution in [0.4, 0.5) is 0 Å². The Hall–Kier alpha value is -1.61. The first-order valence-corrected chi connectivity index (χ1v) is 7.97. The highest BCUT2D eigenvalue weighted by atomic mass is 15.3. The number of hydrogen-bond donors (Lipinski definition) is 1. The molecular formula is C18H27N3. The number of nitrogens with zero attached hydrogens (tertiary/aromatic N) is 2. The first kappa shape index (κ1) is 15.8. The maximum absolute atomic E-state index is 6.57. The van der Waals surface area contributed by atoms with Crippen LogP contribution in [0.3, 0.4) is 0 Å². The third-order valence-corrected chi connectivity index (χ3v) is 4.38. The number of rotatable bonds is 7. The fourth-order valence-corrected chi connectivity index (χ4v) is 3.01. The highest BCUT2D eigenvalue weighted by Crippen LogP contribution is 2.30. The molecule has 3 nitrogen and oxygen atoms in total. The molecule has 0 saturated carbocycles. The summed E-state index contributed by atoms with van der Waals surface area (Å²) in [7, 11) is 0. The molecular weight excluding hydrogens is 258 g/mol. The molecule has 0 aliphatic rings. The van der Waals surface area contributed by atoms with Crippen LogP contribution in [0.5, 0.6) is 0 Å². The Morgan fingerprint density at radius 2 is 1.90 bits per heavy atom. The number of aryl methyl sites for hydroxylation is 1. The number of hydrogen-bond acceptors (Lipinski definition) is 2. The van der Waals surface area contributed by atoms with Gasteiger partial charge in [-0.15, -0.1) is 0 Å². The van der Waals surface area contributed by atoms with E-state index >= 15 is 0 Å². The molecule has 1 aromatic carbocycles. The summed E-state index contributed by atoms with van der Waals surface area (Å²) in [4.78, 5) is 0. The minimum atomic E-state index is 0.122. The SMILES string of the molecule is CCC(C)C(c1ccccc1)C(N)Cc1cnn(CC)c1. The van der Waals surface area contributed by atoms with E-state index in [1.807, 2.05) is 10.9 Å². The van der Waals surface area contributed by atoms with Crippen LogP contribution in [0.25, 0.3) is 0 Å². The number of nitrogens with two attached hydrogens (primary N) is 1. The zero-order chi connectivity index (χ0) is 15.2. The molecule has 0 amide bonds. The molecule has 2 aromatic rings. The summed E-state index contributed by atoms with van der Waals surface area (Å²) in [5, 5.41) is 4.35. The van der Waals surface area contributed by atoms with Crippen LogP contribution in [0.15, 0.2) is 42.7 Å². The fraction of sp³-hybridized carbons (Fsp3) is 0.500. The summed E-state index contributed by atoms with van der Waals surface area (Å²) in [6.07, 6.45) is 6.08. The highest BCUT2D eigenvalue weighted by molar-refractivity contribution is 5.23. The lowest BCUT2D eigenvalue weighted by Gasteiger charge is -2.29. The summed E-state index contributed by atoms with van der Waals surface area (Å²) in [6.45, 7) is 7.54. The van der Waals surface area contributed by atoms with Crippen LogP contribution in [0, 0.1) is 5.92 Å². The number of aromatic nitrogens is 2. The summed E-state index contributed by atoms with van der Waals surface area (Å²) in [5.74, 6) is 0.963. The molecule has 0 radical (unpaired) electrons. The van der Waals surface area contributed by atoms with Gasteiger partial charge < -0.3 is 5.73 Å². The smallest absolute Gasteiger partial charge is 0.0522 e. The normalized spacial score (nSPS) is 15.6. The van der Waals surface area contributed by atoms with Gasteiger partial charge in [0.05, 0.1) is 6.20 Å². The van der Waals surface area contributed by atoms with Gasteiger partial charge in [-0.05, 0) is 30.4 Å². The fourth-order valence-electron chi connectivity index (χ4n) is 3.01. The zero-order valence-corrected chi connectivity index (χ0v) is 13.4. The van der Waals surface area contributed by atoms with Gasteiger partial charge in [-0.1, -0.05) is 50.6 Å². The van der Waals surface area contributed by atoms with E-state index in [0.717, 1.165) is 19.4 Å². The van der Waals surface area contributed by atoms with Gasteiger partial charge in [0.25, 0.3) is 0 Å². The third kappa shape index (κ3) is 3.94. The second-order valence-corrected chi connectivity index (χ2v) is 5.89. The highest BCUT2D eigenvalue weighted by Gasteiger charge is 2.25. The van der Waals surface area contributed by atoms with Gasteiger partial charge >= 0.3 is 0 Å². The Kier molecular flexibility index (Phi) is 5.57. The average Bonchev–Trinajstić information content (AvgIpc) is 2.96. The van der Waals surface area contributed by atoms with Gasteiger partial charge in [0.2, 0.25) is 0 Å². The monoisotopic (exact) mass is 285 g/mol. The lowest BCUT2D eigenvalue weighted by atomic mass is 9.79. The average molecular weight is 285 g/mol. The molecule has 0 aliphatic carbocycles. The largest absolute Gasteiger partial charge is 0.327 e. The van der Waals surface area contributed by atoms with Crippen LogP contribution in [0.2, 0.25) is 0 Å². The molecule has 3 heteroatoms. The Morgan fingerprint density at radius 3 is 2.48 bits per heavy atom. The molecule has 1 aromatic heterocycles. The summed E-state index contributed by atoms with van der Waals surface area (Å²) in [6, 6.07) is 10.8. The van der Waals surface area contributed by atoms with Crippen molar-refractivity contribution >= 4 is 0 Å². The molecule has 0 bridgehead atoms. The van der Waals surface area contributed by atoms with Crippen molar-refractivity contribution < 1.29 is 0 Å². The van der Waals surface area contributed by atoms with Crippen molar-refractivity contribution in [1.29, 1.82) is 0 Å². The van der Waals surface area contributed by atoms with Crippen LogP contribution in [-0.2, 0) is 13.0 Å². The van der Waals surface area contributed by atoms with E-state index in [2.05, 4.69) is 62.4 Å². The quantitative estimate of drug-likeness (QED) is 0.844. The molecule has 2 N–H and O–H groups in total. The van der Waals surface area contributed by atoms with E-state index in [1.54, 1.807) is 0 Å². The van der Waals surface area contributed by atoms with Crippen LogP contribution in [-0.4, -0.2) is 15.8 Å². The lowest BCUT2D eigenvalue weighted by Crippen LogP contribution is -2.34. The van der Waals surface area contributed by atoms with E-state index < -0.39 is 0 Å². The molecule has 21 heavy (non-hydrogen) atoms. The van der Waals surface area contributed by atoms with E-state index in [-0.39, 0.29) is 6.04 Å². The van der Waals surface area contributed by atoms with Gasteiger partial charge in [0.15, 0.2) is 0 Å². The van der Waals surface area contributed by atoms with Gasteiger partial charge in [0, 0.05) is 24.7 Å². The van der Waals surface area contributed by atoms with Crippen molar-refractivity contribution in [2.45, 2.75) is 52.1 Å². The van der Waals surface area contributed by atoms with Crippen molar-refractivity contribution in [1.82, 2.24) is 9.78 Å². The Labute approximate surface area is 128 Å². The van der Waals surface area contributed by atoms with Crippen LogP contribution < -0.4 is 5.73 Å². The van der Waals surface area contributed by atoms with E-state index in [4.69, 9.17) is 5.73 Å². The zero-order valence-electron chi connectivity index (χ0n) is 13.4. The topological polar surface area (TPSA) is 43.8 Å². The molecule has 114 valence electrons. The van der Waals surface area contributed by atoms with Crippen LogP contribution >= 0.6 is 0 Å². The predicted molar refractivity (Wildman–Crippen MR) is 88.2 cm³/mol. The van der Waals surface area contributed by atoms with E-state index in [0.29, 0.717) is 11.8 Å². The van der Waals surface area contributed by atoms with Crippen molar-refractivity contribution in [3.05, 3.63) is 53.9 Å². The maximum atomic E-state index is 6.57. The van der Waals surface area contributed by atoms with E-state index in [9.17, 15) is 0 Å². The lowest BCUT2D eigenvalue weighted by molar-refractivity contribution is 0.379. The summed E-state index contributed by atoms with van der Waals surface area (Å²) < 4.78 is 1.96. The van der Waals surface area contributed by atoms with Crippen molar-refractivity contribution in [2.24, 2.45) is 11.7 Å². The van der Waals surface area contributed by atoms with Gasteiger partial charge in [-0.2, -0.15) is 5.10 Å². The predicted octanol–water partition coefficient (Wildman–Crippen LogP) is 3.60. The minimum Gasteiger partial charge on any atom is -0.327 e. The summed E-state index contributed by atoms with van der Waals surface area (Å²) in [5.41, 5.74) is 9.15. The molecule has 2 rings (SSSR count). The minimum absolute atomic E-state index is 0.122. The van der Waals surface area contributed by atoms with Gasteiger partial charge in [-0.3, -0.25) is 4.68 Å². The van der Waals surface area contributed by atoms with Gasteiger partial charge in [0.1, 0.15) is 0 Å². The van der Waals surface area contributed by atoms with E-state index in [1.165, 1.54) is 11.1 Å². The van der Waals surface area contributed by atoms with Crippen molar-refractivity contribution in [2.75, 3.05) is 0 Å². The van der Waals surface area contributed by atoms with Crippen molar-refractivity contribution in [3.8, 4) is 0 Å². The third-order valence-electron chi connectivity index (χ3n) is 4.38. The Bertz CT molecular complexity index is 532. The first-order valence-electron chi connectivity index (χ1n) is 7.97. The molecule has 0 saturated heterocycles. The van der Waals surface area contributed by atoms with Gasteiger partial charge in [-0.25, -0.2) is 0 Å². The second kappa shape index (κ2) is 7.41. The standard InChI is InChI=1S/C18H27N3/c1-4-14(3)18(16-9-7-6-8-10-16)17(19)11-15-12-20-21(5-2)13-15/h6-10,12-14,17-18H,4-5,11,19H2,1-3H3. The summed E-state index contributed by atoms with van der Waals surface area (Å²) >= 11 is 0. The van der Waals surface area contributed by atoms with Crippen LogP contribution in [0.1, 0.15) is 44.2 Å². The maximum Gasteiger partial charge on any atom is 0.0522 e. The molecule has 0 spiro atoms. The molecule has 0 fully saturated rings.